The van der Waals surface area contributed by atoms with Gasteiger partial charge in [-0.2, -0.15) is 13.2 Å². The second-order valence-electron chi connectivity index (χ2n) is 7.20. The zero-order valence-electron chi connectivity index (χ0n) is 17.9. The van der Waals surface area contributed by atoms with Gasteiger partial charge in [-0.25, -0.2) is 0 Å². The Bertz CT molecular complexity index is 926. The van der Waals surface area contributed by atoms with Crippen molar-refractivity contribution in [2.75, 3.05) is 45.2 Å². The van der Waals surface area contributed by atoms with E-state index in [4.69, 9.17) is 0 Å². The summed E-state index contributed by atoms with van der Waals surface area (Å²) in [5.41, 5.74) is 1.55. The molecule has 0 spiro atoms. The van der Waals surface area contributed by atoms with E-state index in [0.29, 0.717) is 44.0 Å². The Hall–Kier alpha value is -2.50. The molecule has 2 N–H and O–H groups in total. The Labute approximate surface area is 202 Å². The number of anilines is 1. The van der Waals surface area contributed by atoms with E-state index in [0.717, 1.165) is 17.6 Å². The van der Waals surface area contributed by atoms with Gasteiger partial charge < -0.3 is 20.4 Å². The molecule has 0 radical (unpaired) electrons. The number of carbonyl (C=O) groups excluding carboxylic acids is 1. The van der Waals surface area contributed by atoms with Crippen LogP contribution in [0.4, 0.5) is 18.9 Å². The summed E-state index contributed by atoms with van der Waals surface area (Å²) >= 11 is 0. The van der Waals surface area contributed by atoms with Gasteiger partial charge in [-0.3, -0.25) is 9.79 Å². The second-order valence-corrected chi connectivity index (χ2v) is 7.20. The molecular formula is C22H27F3IN5O. The number of guanidine groups is 1. The molecule has 0 aliphatic carbocycles. The topological polar surface area (TPSA) is 60.0 Å². The first kappa shape index (κ1) is 25.8. The minimum atomic E-state index is -4.34. The van der Waals surface area contributed by atoms with E-state index in [1.54, 1.807) is 32.3 Å². The summed E-state index contributed by atoms with van der Waals surface area (Å²) < 4.78 is 38.9. The molecule has 10 heteroatoms. The maximum atomic E-state index is 13.0. The number of piperazine rings is 1. The van der Waals surface area contributed by atoms with Crippen molar-refractivity contribution in [2.24, 2.45) is 4.99 Å². The van der Waals surface area contributed by atoms with Gasteiger partial charge >= 0.3 is 6.18 Å². The van der Waals surface area contributed by atoms with E-state index in [2.05, 4.69) is 20.5 Å². The number of nitrogens with one attached hydrogen (secondary N) is 2. The fraction of sp³-hybridized carbons (Fsp3) is 0.364. The molecule has 0 bridgehead atoms. The summed E-state index contributed by atoms with van der Waals surface area (Å²) in [5.74, 6) is 0.605. The van der Waals surface area contributed by atoms with Gasteiger partial charge in [0.15, 0.2) is 5.96 Å². The van der Waals surface area contributed by atoms with Gasteiger partial charge in [0.05, 0.1) is 5.56 Å². The number of amides is 1. The van der Waals surface area contributed by atoms with Gasteiger partial charge in [0.2, 0.25) is 0 Å². The Kier molecular flexibility index (Phi) is 9.17. The van der Waals surface area contributed by atoms with E-state index in [-0.39, 0.29) is 29.9 Å². The van der Waals surface area contributed by atoms with Crippen LogP contribution in [0.5, 0.6) is 0 Å². The largest absolute Gasteiger partial charge is 0.416 e. The van der Waals surface area contributed by atoms with E-state index < -0.39 is 11.7 Å². The molecule has 1 aliphatic heterocycles. The SMILES string of the molecule is CN=C(NCc1ccc(C(=O)NC)cc1)N1CCN(c2cccc(C(F)(F)F)c2)CC1.I. The molecule has 6 nitrogen and oxygen atoms in total. The van der Waals surface area contributed by atoms with Crippen molar-refractivity contribution in [2.45, 2.75) is 12.7 Å². The van der Waals surface area contributed by atoms with Crippen molar-refractivity contribution in [3.63, 3.8) is 0 Å². The molecule has 2 aromatic carbocycles. The van der Waals surface area contributed by atoms with Gasteiger partial charge in [-0.1, -0.05) is 18.2 Å². The predicted molar refractivity (Wildman–Crippen MR) is 131 cm³/mol. The first-order valence-corrected chi connectivity index (χ1v) is 10.0. The zero-order valence-corrected chi connectivity index (χ0v) is 20.3. The average molecular weight is 561 g/mol. The number of hydrogen-bond acceptors (Lipinski definition) is 3. The van der Waals surface area contributed by atoms with Crippen molar-refractivity contribution in [1.82, 2.24) is 15.5 Å². The molecular weight excluding hydrogens is 534 g/mol. The summed E-state index contributed by atoms with van der Waals surface area (Å²) in [6.07, 6.45) is -4.34. The molecule has 1 saturated heterocycles. The summed E-state index contributed by atoms with van der Waals surface area (Å²) in [4.78, 5) is 20.0. The molecule has 1 fully saturated rings. The Morgan fingerprint density at radius 2 is 1.72 bits per heavy atom. The molecule has 1 aliphatic rings. The fourth-order valence-electron chi connectivity index (χ4n) is 3.49. The Morgan fingerprint density at radius 1 is 1.06 bits per heavy atom. The lowest BCUT2D eigenvalue weighted by atomic mass is 10.1. The highest BCUT2D eigenvalue weighted by Gasteiger charge is 2.31. The fourth-order valence-corrected chi connectivity index (χ4v) is 3.49. The molecule has 3 rings (SSSR count). The van der Waals surface area contributed by atoms with Gasteiger partial charge in [0.1, 0.15) is 0 Å². The monoisotopic (exact) mass is 561 g/mol. The van der Waals surface area contributed by atoms with Crippen LogP contribution in [0.3, 0.4) is 0 Å². The molecule has 0 aromatic heterocycles. The summed E-state index contributed by atoms with van der Waals surface area (Å²) in [7, 11) is 3.30. The minimum Gasteiger partial charge on any atom is -0.368 e. The molecule has 0 atom stereocenters. The van der Waals surface area contributed by atoms with Gasteiger partial charge in [-0.15, -0.1) is 24.0 Å². The third-order valence-electron chi connectivity index (χ3n) is 5.22. The maximum Gasteiger partial charge on any atom is 0.416 e. The highest BCUT2D eigenvalue weighted by atomic mass is 127. The summed E-state index contributed by atoms with van der Waals surface area (Å²) in [6.45, 7) is 3.04. The van der Waals surface area contributed by atoms with Crippen molar-refractivity contribution < 1.29 is 18.0 Å². The van der Waals surface area contributed by atoms with Crippen molar-refractivity contribution in [3.8, 4) is 0 Å². The number of benzene rings is 2. The molecule has 0 saturated carbocycles. The second kappa shape index (κ2) is 11.4. The zero-order chi connectivity index (χ0) is 22.4. The molecule has 32 heavy (non-hydrogen) atoms. The Morgan fingerprint density at radius 3 is 2.28 bits per heavy atom. The van der Waals surface area contributed by atoms with Crippen LogP contribution in [0, 0.1) is 0 Å². The third kappa shape index (κ3) is 6.50. The number of aliphatic imine (C=N–C) groups is 1. The van der Waals surface area contributed by atoms with Crippen LogP contribution in [0.2, 0.25) is 0 Å². The summed E-state index contributed by atoms with van der Waals surface area (Å²) in [5, 5.41) is 5.90. The minimum absolute atomic E-state index is 0. The quantitative estimate of drug-likeness (QED) is 0.341. The lowest BCUT2D eigenvalue weighted by Gasteiger charge is -2.37. The lowest BCUT2D eigenvalue weighted by molar-refractivity contribution is -0.137. The Balaban J connectivity index is 0.00000363. The van der Waals surface area contributed by atoms with Crippen LogP contribution >= 0.6 is 24.0 Å². The van der Waals surface area contributed by atoms with Crippen LogP contribution in [-0.4, -0.2) is 57.0 Å². The molecule has 1 amide bonds. The number of carbonyl (C=O) groups is 1. The average Bonchev–Trinajstić information content (AvgIpc) is 2.79. The predicted octanol–water partition coefficient (Wildman–Crippen LogP) is 3.58. The van der Waals surface area contributed by atoms with Crippen LogP contribution < -0.4 is 15.5 Å². The number of halogens is 4. The molecule has 2 aromatic rings. The van der Waals surface area contributed by atoms with E-state index in [9.17, 15) is 18.0 Å². The number of hydrogen-bond donors (Lipinski definition) is 2. The molecule has 0 unspecified atom stereocenters. The van der Waals surface area contributed by atoms with Gasteiger partial charge in [0, 0.05) is 58.1 Å². The first-order valence-electron chi connectivity index (χ1n) is 10.0. The highest BCUT2D eigenvalue weighted by molar-refractivity contribution is 14.0. The lowest BCUT2D eigenvalue weighted by Crippen LogP contribution is -2.52. The first-order chi connectivity index (χ1) is 14.8. The molecule has 1 heterocycles. The van der Waals surface area contributed by atoms with Gasteiger partial charge in [-0.05, 0) is 35.9 Å². The number of nitrogens with zero attached hydrogens (tertiary/aromatic N) is 3. The third-order valence-corrected chi connectivity index (χ3v) is 5.22. The van der Waals surface area contributed by atoms with Crippen molar-refractivity contribution in [1.29, 1.82) is 0 Å². The number of alkyl halides is 3. The normalized spacial score (nSPS) is 14.6. The highest BCUT2D eigenvalue weighted by Crippen LogP contribution is 2.31. The summed E-state index contributed by atoms with van der Waals surface area (Å²) in [6, 6.07) is 12.8. The van der Waals surface area contributed by atoms with E-state index in [1.165, 1.54) is 12.1 Å². The number of rotatable bonds is 4. The smallest absolute Gasteiger partial charge is 0.368 e. The van der Waals surface area contributed by atoms with Crippen LogP contribution in [-0.2, 0) is 12.7 Å². The van der Waals surface area contributed by atoms with Crippen LogP contribution in [0.15, 0.2) is 53.5 Å². The van der Waals surface area contributed by atoms with Gasteiger partial charge in [0.25, 0.3) is 5.91 Å². The van der Waals surface area contributed by atoms with Crippen molar-refractivity contribution >= 4 is 41.5 Å². The van der Waals surface area contributed by atoms with Crippen molar-refractivity contribution in [3.05, 3.63) is 65.2 Å². The molecule has 174 valence electrons. The maximum absolute atomic E-state index is 13.0. The van der Waals surface area contributed by atoms with Crippen LogP contribution in [0.25, 0.3) is 0 Å². The van der Waals surface area contributed by atoms with E-state index in [1.807, 2.05) is 17.0 Å². The van der Waals surface area contributed by atoms with Crippen LogP contribution in [0.1, 0.15) is 21.5 Å². The van der Waals surface area contributed by atoms with E-state index >= 15 is 0 Å². The standard InChI is InChI=1S/C22H26F3N5O.HI/c1-26-20(31)17-8-6-16(7-9-17)15-28-21(27-2)30-12-10-29(11-13-30)19-5-3-4-18(14-19)22(23,24)25;/h3-9,14H,10-13,15H2,1-2H3,(H,26,31)(H,27,28);1H.